The molecule has 0 unspecified atom stereocenters. The Balaban J connectivity index is 2.16. The van der Waals surface area contributed by atoms with Gasteiger partial charge in [0.25, 0.3) is 0 Å². The fraction of sp³-hybridized carbons (Fsp3) is 0.200. The smallest absolute Gasteiger partial charge is 0.137 e. The van der Waals surface area contributed by atoms with Gasteiger partial charge in [-0.2, -0.15) is 0 Å². The van der Waals surface area contributed by atoms with E-state index in [9.17, 15) is 4.39 Å². The monoisotopic (exact) mass is 385 g/mol. The third-order valence-electron chi connectivity index (χ3n) is 2.95. The molecule has 0 radical (unpaired) electrons. The summed E-state index contributed by atoms with van der Waals surface area (Å²) in [5, 5.41) is 3.41. The summed E-state index contributed by atoms with van der Waals surface area (Å²) in [7, 11) is 0. The summed E-state index contributed by atoms with van der Waals surface area (Å²) >= 11 is 6.69. The first-order valence-electron chi connectivity index (χ1n) is 5.92. The topological polar surface area (TPSA) is 12.0 Å². The maximum absolute atomic E-state index is 13.2. The van der Waals surface area contributed by atoms with Crippen LogP contribution in [0, 0.1) is 19.7 Å². The molecule has 2 rings (SSSR count). The quantitative estimate of drug-likeness (QED) is 0.725. The molecule has 0 spiro atoms. The molecule has 0 amide bonds. The number of nitrogens with one attached hydrogen (secondary N) is 1. The predicted octanol–water partition coefficient (Wildman–Crippen LogP) is 5.58. The van der Waals surface area contributed by atoms with E-state index in [-0.39, 0.29) is 5.82 Å². The minimum absolute atomic E-state index is 0.236. The van der Waals surface area contributed by atoms with Crippen LogP contribution in [0.5, 0.6) is 0 Å². The largest absolute Gasteiger partial charge is 0.381 e. The van der Waals surface area contributed by atoms with Crippen molar-refractivity contribution in [3.05, 3.63) is 61.8 Å². The van der Waals surface area contributed by atoms with E-state index in [1.54, 1.807) is 12.1 Å². The third kappa shape index (κ3) is 3.57. The fourth-order valence-electron chi connectivity index (χ4n) is 2.03. The zero-order valence-corrected chi connectivity index (χ0v) is 13.9. The number of rotatable bonds is 3. The maximum atomic E-state index is 13.2. The van der Waals surface area contributed by atoms with Crippen LogP contribution in [-0.4, -0.2) is 0 Å². The second-order valence-electron chi connectivity index (χ2n) is 4.52. The van der Waals surface area contributed by atoms with Gasteiger partial charge >= 0.3 is 0 Å². The summed E-state index contributed by atoms with van der Waals surface area (Å²) in [5.74, 6) is -0.236. The lowest BCUT2D eigenvalue weighted by Gasteiger charge is -2.13. The van der Waals surface area contributed by atoms with Crippen molar-refractivity contribution in [2.24, 2.45) is 0 Å². The van der Waals surface area contributed by atoms with Crippen LogP contribution in [0.15, 0.2) is 39.3 Å². The molecule has 19 heavy (non-hydrogen) atoms. The summed E-state index contributed by atoms with van der Waals surface area (Å²) in [5.41, 5.74) is 4.54. The lowest BCUT2D eigenvalue weighted by Crippen LogP contribution is -2.03. The van der Waals surface area contributed by atoms with E-state index in [0.29, 0.717) is 11.0 Å². The Labute approximate surface area is 129 Å². The number of halogens is 3. The Kier molecular flexibility index (Phi) is 4.63. The molecule has 0 aliphatic carbocycles. The summed E-state index contributed by atoms with van der Waals surface area (Å²) in [6.07, 6.45) is 0. The minimum Gasteiger partial charge on any atom is -0.381 e. The average molecular weight is 387 g/mol. The van der Waals surface area contributed by atoms with Gasteiger partial charge < -0.3 is 5.32 Å². The first-order chi connectivity index (χ1) is 8.97. The highest BCUT2D eigenvalue weighted by atomic mass is 79.9. The van der Waals surface area contributed by atoms with Crippen LogP contribution < -0.4 is 5.32 Å². The molecule has 0 heterocycles. The van der Waals surface area contributed by atoms with Gasteiger partial charge in [-0.1, -0.05) is 22.0 Å². The Bertz CT molecular complexity index is 588. The highest BCUT2D eigenvalue weighted by molar-refractivity contribution is 9.10. The normalized spacial score (nSPS) is 10.6. The summed E-state index contributed by atoms with van der Waals surface area (Å²) in [6, 6.07) is 9.22. The van der Waals surface area contributed by atoms with E-state index >= 15 is 0 Å². The van der Waals surface area contributed by atoms with E-state index < -0.39 is 0 Å². The highest BCUT2D eigenvalue weighted by Crippen LogP contribution is 2.26. The highest BCUT2D eigenvalue weighted by Gasteiger charge is 2.05. The second kappa shape index (κ2) is 6.06. The molecule has 0 saturated carbocycles. The van der Waals surface area contributed by atoms with Crippen molar-refractivity contribution in [2.45, 2.75) is 20.4 Å². The molecule has 100 valence electrons. The predicted molar refractivity (Wildman–Crippen MR) is 85.0 cm³/mol. The standard InChI is InChI=1S/C15H14Br2FN/c1-9-5-12(16)6-10(2)15(9)19-8-11-3-4-14(18)13(17)7-11/h3-7,19H,8H2,1-2H3. The first-order valence-corrected chi connectivity index (χ1v) is 7.50. The lowest BCUT2D eigenvalue weighted by atomic mass is 10.1. The first kappa shape index (κ1) is 14.5. The molecule has 0 atom stereocenters. The molecule has 1 nitrogen and oxygen atoms in total. The van der Waals surface area contributed by atoms with Gasteiger partial charge in [-0.3, -0.25) is 0 Å². The van der Waals surface area contributed by atoms with E-state index in [1.807, 2.05) is 0 Å². The number of benzene rings is 2. The van der Waals surface area contributed by atoms with Crippen LogP contribution >= 0.6 is 31.9 Å². The van der Waals surface area contributed by atoms with Crippen molar-refractivity contribution in [1.29, 1.82) is 0 Å². The van der Waals surface area contributed by atoms with E-state index in [4.69, 9.17) is 0 Å². The van der Waals surface area contributed by atoms with Crippen molar-refractivity contribution in [3.63, 3.8) is 0 Å². The number of anilines is 1. The molecule has 0 saturated heterocycles. The van der Waals surface area contributed by atoms with Gasteiger partial charge in [-0.05, 0) is 70.7 Å². The van der Waals surface area contributed by atoms with Crippen LogP contribution in [0.25, 0.3) is 0 Å². The Morgan fingerprint density at radius 1 is 1.05 bits per heavy atom. The van der Waals surface area contributed by atoms with E-state index in [0.717, 1.165) is 15.7 Å². The van der Waals surface area contributed by atoms with Gasteiger partial charge in [0.05, 0.1) is 4.47 Å². The molecule has 0 fully saturated rings. The van der Waals surface area contributed by atoms with Crippen LogP contribution in [0.3, 0.4) is 0 Å². The van der Waals surface area contributed by atoms with Crippen LogP contribution in [0.4, 0.5) is 10.1 Å². The summed E-state index contributed by atoms with van der Waals surface area (Å²) in [6.45, 7) is 4.81. The van der Waals surface area contributed by atoms with Gasteiger partial charge in [0, 0.05) is 16.7 Å². The number of aryl methyl sites for hydroxylation is 2. The Morgan fingerprint density at radius 3 is 2.26 bits per heavy atom. The van der Waals surface area contributed by atoms with Crippen molar-refractivity contribution in [2.75, 3.05) is 5.32 Å². The van der Waals surface area contributed by atoms with Crippen molar-refractivity contribution >= 4 is 37.5 Å². The van der Waals surface area contributed by atoms with Gasteiger partial charge in [-0.15, -0.1) is 0 Å². The molecule has 0 aliphatic rings. The van der Waals surface area contributed by atoms with Crippen molar-refractivity contribution in [3.8, 4) is 0 Å². The van der Waals surface area contributed by atoms with Gasteiger partial charge in [0.2, 0.25) is 0 Å². The minimum atomic E-state index is -0.236. The van der Waals surface area contributed by atoms with Gasteiger partial charge in [-0.25, -0.2) is 4.39 Å². The van der Waals surface area contributed by atoms with Gasteiger partial charge in [0.1, 0.15) is 5.82 Å². The molecule has 4 heteroatoms. The molecule has 0 aliphatic heterocycles. The molecular weight excluding hydrogens is 373 g/mol. The Hall–Kier alpha value is -0.870. The SMILES string of the molecule is Cc1cc(Br)cc(C)c1NCc1ccc(F)c(Br)c1. The molecule has 1 N–H and O–H groups in total. The van der Waals surface area contributed by atoms with Crippen LogP contribution in [0.1, 0.15) is 16.7 Å². The fourth-order valence-corrected chi connectivity index (χ4v) is 3.14. The van der Waals surface area contributed by atoms with Crippen LogP contribution in [-0.2, 0) is 6.54 Å². The number of hydrogen-bond donors (Lipinski definition) is 1. The zero-order chi connectivity index (χ0) is 14.0. The average Bonchev–Trinajstić information content (AvgIpc) is 2.32. The summed E-state index contributed by atoms with van der Waals surface area (Å²) in [4.78, 5) is 0. The Morgan fingerprint density at radius 2 is 1.68 bits per heavy atom. The number of hydrogen-bond acceptors (Lipinski definition) is 1. The molecular formula is C15H14Br2FN. The van der Waals surface area contributed by atoms with Gasteiger partial charge in [0.15, 0.2) is 0 Å². The van der Waals surface area contributed by atoms with Crippen LogP contribution in [0.2, 0.25) is 0 Å². The third-order valence-corrected chi connectivity index (χ3v) is 4.02. The molecule has 2 aromatic carbocycles. The zero-order valence-electron chi connectivity index (χ0n) is 10.7. The summed E-state index contributed by atoms with van der Waals surface area (Å²) < 4.78 is 14.7. The van der Waals surface area contributed by atoms with E-state index in [1.165, 1.54) is 17.2 Å². The van der Waals surface area contributed by atoms with Crippen molar-refractivity contribution < 1.29 is 4.39 Å². The molecule has 0 aromatic heterocycles. The van der Waals surface area contributed by atoms with E-state index in [2.05, 4.69) is 63.2 Å². The second-order valence-corrected chi connectivity index (χ2v) is 6.29. The van der Waals surface area contributed by atoms with Crippen molar-refractivity contribution in [1.82, 2.24) is 0 Å². The molecule has 2 aromatic rings. The maximum Gasteiger partial charge on any atom is 0.137 e. The molecule has 0 bridgehead atoms. The lowest BCUT2D eigenvalue weighted by molar-refractivity contribution is 0.620.